The van der Waals surface area contributed by atoms with Gasteiger partial charge in [0.05, 0.1) is 27.3 Å². The number of thiophene rings is 1. The second kappa shape index (κ2) is 6.03. The minimum atomic E-state index is -0.266. The molecule has 0 bridgehead atoms. The van der Waals surface area contributed by atoms with E-state index in [2.05, 4.69) is 25.6 Å². The second-order valence-electron chi connectivity index (χ2n) is 5.99. The summed E-state index contributed by atoms with van der Waals surface area (Å²) in [7, 11) is 0. The number of carbonyl (C=O) groups excluding carboxylic acids is 1. The molecule has 1 aliphatic rings. The van der Waals surface area contributed by atoms with Gasteiger partial charge in [0.25, 0.3) is 0 Å². The lowest BCUT2D eigenvalue weighted by Crippen LogP contribution is -2.23. The molecule has 4 aromatic rings. The summed E-state index contributed by atoms with van der Waals surface area (Å²) < 4.78 is 5.70. The molecule has 132 valence electrons. The number of urea groups is 1. The van der Waals surface area contributed by atoms with E-state index in [4.69, 9.17) is 4.74 Å². The Hall–Kier alpha value is -3.52. The Bertz CT molecular complexity index is 1190. The highest BCUT2D eigenvalue weighted by Crippen LogP contribution is 2.46. The van der Waals surface area contributed by atoms with E-state index in [1.54, 1.807) is 18.5 Å². The van der Waals surface area contributed by atoms with Gasteiger partial charge in [0.15, 0.2) is 0 Å². The normalized spacial score (nSPS) is 12.6. The lowest BCUT2D eigenvalue weighted by molar-refractivity contribution is 0.262. The molecule has 5 rings (SSSR count). The lowest BCUT2D eigenvalue weighted by atomic mass is 10.1. The highest BCUT2D eigenvalue weighted by Gasteiger charge is 2.25. The van der Waals surface area contributed by atoms with E-state index in [1.165, 1.54) is 11.3 Å². The largest absolute Gasteiger partial charge is 0.424 e. The van der Waals surface area contributed by atoms with Crippen molar-refractivity contribution in [1.29, 1.82) is 0 Å². The number of anilines is 2. The topological polar surface area (TPSA) is 89.0 Å². The first-order chi connectivity index (χ1) is 13.2. The lowest BCUT2D eigenvalue weighted by Gasteiger charge is -2.16. The van der Waals surface area contributed by atoms with Crippen LogP contribution in [0.5, 0.6) is 11.8 Å². The zero-order valence-corrected chi connectivity index (χ0v) is 15.0. The van der Waals surface area contributed by atoms with E-state index < -0.39 is 0 Å². The van der Waals surface area contributed by atoms with Gasteiger partial charge in [-0.1, -0.05) is 18.2 Å². The van der Waals surface area contributed by atoms with E-state index in [0.29, 0.717) is 5.75 Å². The molecule has 0 aliphatic carbocycles. The maximum atomic E-state index is 12.0. The first-order valence-electron chi connectivity index (χ1n) is 8.25. The van der Waals surface area contributed by atoms with Crippen LogP contribution < -0.4 is 15.4 Å². The molecule has 3 aromatic heterocycles. The van der Waals surface area contributed by atoms with Crippen molar-refractivity contribution in [1.82, 2.24) is 15.0 Å². The zero-order valence-electron chi connectivity index (χ0n) is 14.2. The van der Waals surface area contributed by atoms with Gasteiger partial charge < -0.3 is 15.4 Å². The van der Waals surface area contributed by atoms with Gasteiger partial charge in [-0.05, 0) is 25.1 Å². The van der Waals surface area contributed by atoms with Crippen LogP contribution >= 0.6 is 11.3 Å². The summed E-state index contributed by atoms with van der Waals surface area (Å²) in [5.74, 6) is 0.675. The van der Waals surface area contributed by atoms with Crippen molar-refractivity contribution in [3.8, 4) is 22.2 Å². The number of hydrogen-bond donors (Lipinski definition) is 2. The van der Waals surface area contributed by atoms with E-state index in [1.807, 2.05) is 37.3 Å². The number of benzene rings is 1. The van der Waals surface area contributed by atoms with Crippen LogP contribution in [0.3, 0.4) is 0 Å². The van der Waals surface area contributed by atoms with Crippen LogP contribution in [-0.2, 0) is 0 Å². The number of ether oxygens (including phenoxy) is 1. The molecule has 2 amide bonds. The van der Waals surface area contributed by atoms with Gasteiger partial charge in [0.2, 0.25) is 0 Å². The molecule has 8 heteroatoms. The smallest absolute Gasteiger partial charge is 0.323 e. The molecule has 27 heavy (non-hydrogen) atoms. The van der Waals surface area contributed by atoms with Crippen LogP contribution in [0.1, 0.15) is 5.69 Å². The fourth-order valence-corrected chi connectivity index (χ4v) is 4.20. The number of hydrogen-bond acceptors (Lipinski definition) is 6. The molecular weight excluding hydrogens is 362 g/mol. The Balaban J connectivity index is 1.59. The van der Waals surface area contributed by atoms with E-state index in [0.717, 1.165) is 37.7 Å². The Morgan fingerprint density at radius 3 is 2.74 bits per heavy atom. The molecule has 1 aromatic carbocycles. The number of aromatic nitrogens is 3. The predicted molar refractivity (Wildman–Crippen MR) is 105 cm³/mol. The van der Waals surface area contributed by atoms with Crippen LogP contribution in [0.4, 0.5) is 16.2 Å². The van der Waals surface area contributed by atoms with Gasteiger partial charge in [-0.3, -0.25) is 0 Å². The number of para-hydroxylation sites is 1. The molecule has 1 aliphatic heterocycles. The number of nitrogens with one attached hydrogen (secondary N) is 2. The standard InChI is InChI=1S/C19H13N5O2S/c1-10-12(9-21-19(22-10)26-11-5-3-2-4-6-11)16-15-14-13(23-18(25)24-15)7-8-20-17(14)27-16/h2-9H,1H3,(H2,23,24,25). The molecule has 0 fully saturated rings. The molecule has 0 radical (unpaired) electrons. The molecule has 0 unspecified atom stereocenters. The highest BCUT2D eigenvalue weighted by atomic mass is 32.1. The van der Waals surface area contributed by atoms with Gasteiger partial charge in [-0.15, -0.1) is 11.3 Å². The van der Waals surface area contributed by atoms with Crippen molar-refractivity contribution >= 4 is 39.0 Å². The third-order valence-corrected chi connectivity index (χ3v) is 5.36. The van der Waals surface area contributed by atoms with Crippen molar-refractivity contribution in [2.24, 2.45) is 0 Å². The van der Waals surface area contributed by atoms with Gasteiger partial charge in [0, 0.05) is 18.0 Å². The monoisotopic (exact) mass is 375 g/mol. The fourth-order valence-electron chi connectivity index (χ4n) is 3.01. The van der Waals surface area contributed by atoms with Crippen molar-refractivity contribution in [2.45, 2.75) is 6.92 Å². The van der Waals surface area contributed by atoms with Crippen LogP contribution in [0.25, 0.3) is 20.7 Å². The number of aryl methyl sites for hydroxylation is 1. The van der Waals surface area contributed by atoms with Crippen LogP contribution in [-0.4, -0.2) is 21.0 Å². The minimum absolute atomic E-state index is 0.266. The van der Waals surface area contributed by atoms with E-state index in [9.17, 15) is 4.79 Å². The van der Waals surface area contributed by atoms with Crippen LogP contribution in [0.15, 0.2) is 48.8 Å². The van der Waals surface area contributed by atoms with Crippen molar-refractivity contribution in [3.63, 3.8) is 0 Å². The second-order valence-corrected chi connectivity index (χ2v) is 6.99. The number of amides is 2. The maximum Gasteiger partial charge on any atom is 0.323 e. The molecule has 0 saturated carbocycles. The van der Waals surface area contributed by atoms with Crippen molar-refractivity contribution in [3.05, 3.63) is 54.5 Å². The summed E-state index contributed by atoms with van der Waals surface area (Å²) in [6.45, 7) is 1.89. The van der Waals surface area contributed by atoms with Gasteiger partial charge in [-0.2, -0.15) is 4.98 Å². The maximum absolute atomic E-state index is 12.0. The quantitative estimate of drug-likeness (QED) is 0.536. The summed E-state index contributed by atoms with van der Waals surface area (Å²) >= 11 is 1.50. The number of nitrogens with zero attached hydrogens (tertiary/aromatic N) is 3. The van der Waals surface area contributed by atoms with Gasteiger partial charge >= 0.3 is 12.0 Å². The van der Waals surface area contributed by atoms with Crippen molar-refractivity contribution in [2.75, 3.05) is 10.6 Å². The number of rotatable bonds is 3. The van der Waals surface area contributed by atoms with Gasteiger partial charge in [-0.25, -0.2) is 14.8 Å². The summed E-state index contributed by atoms with van der Waals surface area (Å²) in [5.41, 5.74) is 3.09. The predicted octanol–water partition coefficient (Wildman–Crippen LogP) is 4.81. The summed E-state index contributed by atoms with van der Waals surface area (Å²) in [6.07, 6.45) is 3.41. The Morgan fingerprint density at radius 2 is 1.93 bits per heavy atom. The Kier molecular flexibility index (Phi) is 3.51. The molecule has 2 N–H and O–H groups in total. The molecular formula is C19H13N5O2S. The Labute approximate surface area is 158 Å². The average Bonchev–Trinajstić information content (AvgIpc) is 3.02. The third-order valence-electron chi connectivity index (χ3n) is 4.23. The summed E-state index contributed by atoms with van der Waals surface area (Å²) in [6, 6.07) is 11.2. The third kappa shape index (κ3) is 2.67. The number of pyridine rings is 1. The Morgan fingerprint density at radius 1 is 1.07 bits per heavy atom. The average molecular weight is 375 g/mol. The van der Waals surface area contributed by atoms with Crippen molar-refractivity contribution < 1.29 is 9.53 Å². The fraction of sp³-hybridized carbons (Fsp3) is 0.0526. The van der Waals surface area contributed by atoms with Gasteiger partial charge in [0.1, 0.15) is 10.6 Å². The summed E-state index contributed by atoms with van der Waals surface area (Å²) in [5, 5.41) is 6.60. The first kappa shape index (κ1) is 15.7. The number of carbonyl (C=O) groups is 1. The molecule has 0 atom stereocenters. The highest BCUT2D eigenvalue weighted by molar-refractivity contribution is 7.23. The van der Waals surface area contributed by atoms with Crippen LogP contribution in [0.2, 0.25) is 0 Å². The molecule has 0 spiro atoms. The summed E-state index contributed by atoms with van der Waals surface area (Å²) in [4.78, 5) is 27.0. The SMILES string of the molecule is Cc1nc(Oc2ccccc2)ncc1-c1sc2nccc3c2c1NC(=O)N3. The molecule has 0 saturated heterocycles. The van der Waals surface area contributed by atoms with E-state index in [-0.39, 0.29) is 12.0 Å². The minimum Gasteiger partial charge on any atom is -0.424 e. The molecule has 7 nitrogen and oxygen atoms in total. The van der Waals surface area contributed by atoms with E-state index >= 15 is 0 Å². The first-order valence-corrected chi connectivity index (χ1v) is 9.07. The zero-order chi connectivity index (χ0) is 18.4. The molecule has 4 heterocycles. The van der Waals surface area contributed by atoms with Crippen LogP contribution in [0, 0.1) is 6.92 Å².